The van der Waals surface area contributed by atoms with Gasteiger partial charge in [-0.25, -0.2) is 14.6 Å². The van der Waals surface area contributed by atoms with Gasteiger partial charge in [-0.2, -0.15) is 0 Å². The summed E-state index contributed by atoms with van der Waals surface area (Å²) in [6.45, 7) is 3.59. The van der Waals surface area contributed by atoms with Gasteiger partial charge in [-0.05, 0) is 31.5 Å². The van der Waals surface area contributed by atoms with Crippen LogP contribution in [-0.2, 0) is 19.1 Å². The van der Waals surface area contributed by atoms with E-state index in [9.17, 15) is 9.59 Å². The molecule has 0 amide bonds. The first-order chi connectivity index (χ1) is 16.9. The Bertz CT molecular complexity index is 1320. The summed E-state index contributed by atoms with van der Waals surface area (Å²) in [4.78, 5) is 30.7. The molecular weight excluding hydrogens is 464 g/mol. The fourth-order valence-corrected chi connectivity index (χ4v) is 5.20. The van der Waals surface area contributed by atoms with Gasteiger partial charge in [0.05, 0.1) is 44.1 Å². The second-order valence-corrected chi connectivity index (χ2v) is 8.83. The van der Waals surface area contributed by atoms with Crippen molar-refractivity contribution in [2.24, 2.45) is 0 Å². The number of allylic oxidation sites excluding steroid dienone is 2. The lowest BCUT2D eigenvalue weighted by Crippen LogP contribution is -2.32. The van der Waals surface area contributed by atoms with Crippen molar-refractivity contribution in [2.45, 2.75) is 19.8 Å². The first kappa shape index (κ1) is 24.2. The number of benzene rings is 2. The van der Waals surface area contributed by atoms with E-state index in [-0.39, 0.29) is 0 Å². The number of esters is 2. The molecule has 0 unspecified atom stereocenters. The van der Waals surface area contributed by atoms with Crippen LogP contribution >= 0.6 is 11.3 Å². The Labute approximate surface area is 208 Å². The highest BCUT2D eigenvalue weighted by Crippen LogP contribution is 2.44. The standard InChI is InChI=1S/C27H26N2O5S/c1-15-22(26(30)33-4)24(23(16(2)28-15)27(31)34-5)19-11-6-7-12-20(19)25-29-21(14-35-25)17-9-8-10-18(13-17)32-3/h6-14,24,28H,1-5H3. The van der Waals surface area contributed by atoms with E-state index in [4.69, 9.17) is 19.2 Å². The molecule has 35 heavy (non-hydrogen) atoms. The van der Waals surface area contributed by atoms with E-state index in [1.54, 1.807) is 21.0 Å². The summed E-state index contributed by atoms with van der Waals surface area (Å²) < 4.78 is 15.6. The predicted octanol–water partition coefficient (Wildman–Crippen LogP) is 5.07. The molecule has 2 aromatic carbocycles. The van der Waals surface area contributed by atoms with Crippen LogP contribution in [0.2, 0.25) is 0 Å². The Balaban J connectivity index is 1.88. The summed E-state index contributed by atoms with van der Waals surface area (Å²) in [5, 5.41) is 5.88. The van der Waals surface area contributed by atoms with Crippen molar-refractivity contribution in [3.63, 3.8) is 0 Å². The van der Waals surface area contributed by atoms with Crippen molar-refractivity contribution in [3.8, 4) is 27.6 Å². The first-order valence-corrected chi connectivity index (χ1v) is 11.8. The van der Waals surface area contributed by atoms with E-state index in [1.807, 2.05) is 53.9 Å². The maximum atomic E-state index is 12.9. The number of aromatic nitrogens is 1. The van der Waals surface area contributed by atoms with Gasteiger partial charge in [-0.3, -0.25) is 0 Å². The lowest BCUT2D eigenvalue weighted by molar-refractivity contribution is -0.137. The van der Waals surface area contributed by atoms with E-state index >= 15 is 0 Å². The Morgan fingerprint density at radius 2 is 1.57 bits per heavy atom. The molecule has 4 rings (SSSR count). The van der Waals surface area contributed by atoms with E-state index in [0.717, 1.165) is 33.1 Å². The maximum absolute atomic E-state index is 12.9. The van der Waals surface area contributed by atoms with Crippen molar-refractivity contribution in [2.75, 3.05) is 21.3 Å². The van der Waals surface area contributed by atoms with Crippen LogP contribution in [0.15, 0.2) is 76.5 Å². The lowest BCUT2D eigenvalue weighted by atomic mass is 9.78. The average Bonchev–Trinajstić information content (AvgIpc) is 3.38. The molecule has 0 fully saturated rings. The Kier molecular flexibility index (Phi) is 7.02. The molecule has 0 aliphatic carbocycles. The highest BCUT2D eigenvalue weighted by molar-refractivity contribution is 7.13. The van der Waals surface area contributed by atoms with Gasteiger partial charge < -0.3 is 19.5 Å². The van der Waals surface area contributed by atoms with Crippen LogP contribution in [0, 0.1) is 0 Å². The molecule has 0 atom stereocenters. The number of carbonyl (C=O) groups excluding carboxylic acids is 2. The molecule has 0 radical (unpaired) electrons. The van der Waals surface area contributed by atoms with E-state index in [0.29, 0.717) is 22.5 Å². The number of dihydropyridines is 1. The van der Waals surface area contributed by atoms with Crippen molar-refractivity contribution < 1.29 is 23.8 Å². The molecule has 0 saturated carbocycles. The van der Waals surface area contributed by atoms with Crippen molar-refractivity contribution in [1.82, 2.24) is 10.3 Å². The summed E-state index contributed by atoms with van der Waals surface area (Å²) in [5.41, 5.74) is 5.29. The fraction of sp³-hybridized carbons (Fsp3) is 0.222. The summed E-state index contributed by atoms with van der Waals surface area (Å²) in [6.07, 6.45) is 0. The fourth-order valence-electron chi connectivity index (χ4n) is 4.32. The Morgan fingerprint density at radius 1 is 0.914 bits per heavy atom. The number of nitrogens with zero attached hydrogens (tertiary/aromatic N) is 1. The van der Waals surface area contributed by atoms with Gasteiger partial charge >= 0.3 is 11.9 Å². The number of methoxy groups -OCH3 is 3. The minimum absolute atomic E-state index is 0.357. The van der Waals surface area contributed by atoms with Gasteiger partial charge in [0, 0.05) is 27.9 Å². The van der Waals surface area contributed by atoms with E-state index < -0.39 is 17.9 Å². The van der Waals surface area contributed by atoms with Crippen LogP contribution in [0.1, 0.15) is 25.3 Å². The van der Waals surface area contributed by atoms with Crippen LogP contribution in [0.5, 0.6) is 5.75 Å². The molecule has 180 valence electrons. The van der Waals surface area contributed by atoms with Crippen LogP contribution < -0.4 is 10.1 Å². The molecule has 0 saturated heterocycles. The van der Waals surface area contributed by atoms with Crippen molar-refractivity contribution >= 4 is 23.3 Å². The number of carbonyl (C=O) groups is 2. The predicted molar refractivity (Wildman–Crippen MR) is 135 cm³/mol. The Morgan fingerprint density at radius 3 is 2.20 bits per heavy atom. The monoisotopic (exact) mass is 490 g/mol. The minimum atomic E-state index is -0.684. The molecule has 7 nitrogen and oxygen atoms in total. The lowest BCUT2D eigenvalue weighted by Gasteiger charge is -2.31. The number of ether oxygens (including phenoxy) is 3. The van der Waals surface area contributed by atoms with Gasteiger partial charge in [0.25, 0.3) is 0 Å². The number of hydrogen-bond donors (Lipinski definition) is 1. The average molecular weight is 491 g/mol. The largest absolute Gasteiger partial charge is 0.497 e. The smallest absolute Gasteiger partial charge is 0.336 e. The zero-order chi connectivity index (χ0) is 25.1. The molecule has 0 bridgehead atoms. The molecule has 1 aromatic heterocycles. The quantitative estimate of drug-likeness (QED) is 0.483. The second kappa shape index (κ2) is 10.1. The van der Waals surface area contributed by atoms with Crippen LogP contribution in [0.25, 0.3) is 21.8 Å². The van der Waals surface area contributed by atoms with Crippen molar-refractivity contribution in [1.29, 1.82) is 0 Å². The van der Waals surface area contributed by atoms with Gasteiger partial charge in [0.2, 0.25) is 0 Å². The molecule has 8 heteroatoms. The minimum Gasteiger partial charge on any atom is -0.497 e. The number of nitrogens with one attached hydrogen (secondary N) is 1. The third kappa shape index (κ3) is 4.57. The normalized spacial score (nSPS) is 14.0. The summed E-state index contributed by atoms with van der Waals surface area (Å²) in [5.74, 6) is -0.963. The van der Waals surface area contributed by atoms with Crippen molar-refractivity contribution in [3.05, 3.63) is 82.0 Å². The molecule has 3 aromatic rings. The zero-order valence-corrected chi connectivity index (χ0v) is 21.0. The number of thiazole rings is 1. The Hall–Kier alpha value is -3.91. The highest BCUT2D eigenvalue weighted by atomic mass is 32.1. The van der Waals surface area contributed by atoms with Gasteiger partial charge in [-0.1, -0.05) is 36.4 Å². The topological polar surface area (TPSA) is 86.8 Å². The van der Waals surface area contributed by atoms with Gasteiger partial charge in [0.15, 0.2) is 0 Å². The third-order valence-electron chi connectivity index (χ3n) is 5.94. The summed E-state index contributed by atoms with van der Waals surface area (Å²) in [6, 6.07) is 15.4. The van der Waals surface area contributed by atoms with Crippen LogP contribution in [0.3, 0.4) is 0 Å². The molecule has 2 heterocycles. The molecular formula is C27H26N2O5S. The molecule has 1 aliphatic heterocycles. The number of hydrogen-bond acceptors (Lipinski definition) is 8. The maximum Gasteiger partial charge on any atom is 0.336 e. The second-order valence-electron chi connectivity index (χ2n) is 7.98. The highest BCUT2D eigenvalue weighted by Gasteiger charge is 2.38. The number of rotatable bonds is 6. The molecule has 1 aliphatic rings. The third-order valence-corrected chi connectivity index (χ3v) is 6.82. The molecule has 0 spiro atoms. The SMILES string of the molecule is COC(=O)C1=C(C)NC(C)=C(C(=O)OC)C1c1ccccc1-c1nc(-c2cccc(OC)c2)cs1. The summed E-state index contributed by atoms with van der Waals surface area (Å²) >= 11 is 1.49. The van der Waals surface area contributed by atoms with E-state index in [2.05, 4.69) is 5.32 Å². The van der Waals surface area contributed by atoms with Gasteiger partial charge in [0.1, 0.15) is 10.8 Å². The summed E-state index contributed by atoms with van der Waals surface area (Å²) in [7, 11) is 4.29. The van der Waals surface area contributed by atoms with Gasteiger partial charge in [-0.15, -0.1) is 11.3 Å². The van der Waals surface area contributed by atoms with Crippen LogP contribution in [0.4, 0.5) is 0 Å². The first-order valence-electron chi connectivity index (χ1n) is 10.9. The van der Waals surface area contributed by atoms with E-state index in [1.165, 1.54) is 25.6 Å². The zero-order valence-electron chi connectivity index (χ0n) is 20.2. The molecule has 1 N–H and O–H groups in total. The van der Waals surface area contributed by atoms with Crippen LogP contribution in [-0.4, -0.2) is 38.3 Å².